The number of hydrogen-bond donors (Lipinski definition) is 0. The van der Waals surface area contributed by atoms with Gasteiger partial charge in [-0.2, -0.15) is 0 Å². The van der Waals surface area contributed by atoms with E-state index < -0.39 is 0 Å². The molecule has 1 heteroatoms. The lowest BCUT2D eigenvalue weighted by Gasteiger charge is -1.77. The van der Waals surface area contributed by atoms with Gasteiger partial charge in [0, 0.05) is 0 Å². The largest absolute Gasteiger partial charge is 0.286 e. The summed E-state index contributed by atoms with van der Waals surface area (Å²) >= 11 is 0. The smallest absolute Gasteiger partial charge is 0.225 e. The summed E-state index contributed by atoms with van der Waals surface area (Å²) in [4.78, 5) is 9.52. The Morgan fingerprint density at radius 3 is 2.57 bits per heavy atom. The first-order valence-corrected chi connectivity index (χ1v) is 1.98. The standard InChI is InChI=1S/C6H7O/c1-3-6(2)4-5-7/h3-4H,1H2,2H3. The summed E-state index contributed by atoms with van der Waals surface area (Å²) in [7, 11) is 0. The van der Waals surface area contributed by atoms with Gasteiger partial charge in [-0.25, -0.2) is 0 Å². The molecule has 0 bridgehead atoms. The fourth-order valence-electron chi connectivity index (χ4n) is 0.152. The van der Waals surface area contributed by atoms with Gasteiger partial charge in [0.05, 0.1) is 0 Å². The Labute approximate surface area is 43.3 Å². The minimum atomic E-state index is 0.843. The zero-order valence-corrected chi connectivity index (χ0v) is 4.27. The van der Waals surface area contributed by atoms with Crippen molar-refractivity contribution in [2.75, 3.05) is 0 Å². The third kappa shape index (κ3) is 2.97. The van der Waals surface area contributed by atoms with Crippen molar-refractivity contribution in [3.05, 3.63) is 24.3 Å². The van der Waals surface area contributed by atoms with Crippen molar-refractivity contribution in [3.63, 3.8) is 0 Å². The number of rotatable bonds is 2. The molecule has 0 aromatic heterocycles. The molecule has 0 aliphatic carbocycles. The lowest BCUT2D eigenvalue weighted by atomic mass is 10.3. The summed E-state index contributed by atoms with van der Waals surface area (Å²) in [6.45, 7) is 5.22. The average molecular weight is 95.1 g/mol. The molecule has 0 aromatic rings. The highest BCUT2D eigenvalue weighted by atomic mass is 16.1. The fourth-order valence-corrected chi connectivity index (χ4v) is 0.152. The average Bonchev–Trinajstić information content (AvgIpc) is 1.68. The highest BCUT2D eigenvalue weighted by Gasteiger charge is 1.72. The van der Waals surface area contributed by atoms with E-state index in [0.29, 0.717) is 0 Å². The molecule has 0 saturated carbocycles. The quantitative estimate of drug-likeness (QED) is 0.372. The van der Waals surface area contributed by atoms with Crippen molar-refractivity contribution in [2.24, 2.45) is 0 Å². The summed E-state index contributed by atoms with van der Waals surface area (Å²) in [6.07, 6.45) is 4.58. The molecule has 0 heterocycles. The molecule has 0 rings (SSSR count). The maximum Gasteiger partial charge on any atom is 0.225 e. The molecule has 0 aliphatic heterocycles. The van der Waals surface area contributed by atoms with Crippen LogP contribution in [0.4, 0.5) is 0 Å². The van der Waals surface area contributed by atoms with Crippen molar-refractivity contribution >= 4 is 6.29 Å². The summed E-state index contributed by atoms with van der Waals surface area (Å²) in [5.41, 5.74) is 0.843. The van der Waals surface area contributed by atoms with Gasteiger partial charge in [-0.05, 0) is 18.6 Å². The van der Waals surface area contributed by atoms with Crippen molar-refractivity contribution in [2.45, 2.75) is 6.92 Å². The molecule has 37 valence electrons. The van der Waals surface area contributed by atoms with E-state index in [0.717, 1.165) is 5.57 Å². The van der Waals surface area contributed by atoms with Gasteiger partial charge in [-0.3, -0.25) is 4.79 Å². The molecule has 0 aromatic carbocycles. The minimum Gasteiger partial charge on any atom is -0.286 e. The van der Waals surface area contributed by atoms with Gasteiger partial charge < -0.3 is 0 Å². The van der Waals surface area contributed by atoms with Crippen LogP contribution >= 0.6 is 0 Å². The SMILES string of the molecule is C=CC(C)=C[C]=O. The van der Waals surface area contributed by atoms with E-state index in [1.807, 2.05) is 0 Å². The van der Waals surface area contributed by atoms with Crippen molar-refractivity contribution < 1.29 is 4.79 Å². The highest BCUT2D eigenvalue weighted by molar-refractivity contribution is 5.67. The molecule has 0 N–H and O–H groups in total. The van der Waals surface area contributed by atoms with Gasteiger partial charge >= 0.3 is 0 Å². The third-order valence-corrected chi connectivity index (χ3v) is 0.609. The van der Waals surface area contributed by atoms with Crippen LogP contribution in [0.3, 0.4) is 0 Å². The normalized spacial score (nSPS) is 10.7. The second-order valence-electron chi connectivity index (χ2n) is 1.21. The Morgan fingerprint density at radius 1 is 1.86 bits per heavy atom. The fraction of sp³-hybridized carbons (Fsp3) is 0.167. The molecule has 0 fully saturated rings. The molecule has 0 saturated heterocycles. The van der Waals surface area contributed by atoms with E-state index in [1.165, 1.54) is 6.08 Å². The first-order chi connectivity index (χ1) is 3.31. The van der Waals surface area contributed by atoms with Crippen LogP contribution in [-0.4, -0.2) is 6.29 Å². The Bertz CT molecular complexity index is 101. The van der Waals surface area contributed by atoms with Crippen molar-refractivity contribution in [3.8, 4) is 0 Å². The van der Waals surface area contributed by atoms with E-state index >= 15 is 0 Å². The van der Waals surface area contributed by atoms with Crippen LogP contribution in [0.2, 0.25) is 0 Å². The van der Waals surface area contributed by atoms with Crippen LogP contribution in [0.1, 0.15) is 6.92 Å². The molecule has 0 atom stereocenters. The topological polar surface area (TPSA) is 17.1 Å². The predicted octanol–water partition coefficient (Wildman–Crippen LogP) is 1.23. The lowest BCUT2D eigenvalue weighted by molar-refractivity contribution is 0.564. The molecule has 0 aliphatic rings. The minimum absolute atomic E-state index is 0.843. The first kappa shape index (κ1) is 6.15. The Hall–Kier alpha value is -0.850. The Morgan fingerprint density at radius 2 is 2.43 bits per heavy atom. The van der Waals surface area contributed by atoms with Crippen LogP contribution in [0, 0.1) is 0 Å². The van der Waals surface area contributed by atoms with Crippen LogP contribution < -0.4 is 0 Å². The second-order valence-corrected chi connectivity index (χ2v) is 1.21. The molecular weight excluding hydrogens is 88.1 g/mol. The zero-order valence-electron chi connectivity index (χ0n) is 4.27. The molecule has 1 radical (unpaired) electrons. The summed E-state index contributed by atoms with van der Waals surface area (Å²) in [6, 6.07) is 0. The van der Waals surface area contributed by atoms with E-state index in [9.17, 15) is 4.79 Å². The highest BCUT2D eigenvalue weighted by Crippen LogP contribution is 1.87. The van der Waals surface area contributed by atoms with Gasteiger partial charge in [-0.1, -0.05) is 12.7 Å². The van der Waals surface area contributed by atoms with Crippen LogP contribution in [-0.2, 0) is 4.79 Å². The maximum atomic E-state index is 9.52. The molecule has 0 amide bonds. The Kier molecular flexibility index (Phi) is 2.94. The molecule has 0 unspecified atom stereocenters. The molecular formula is C6H7O. The van der Waals surface area contributed by atoms with E-state index in [2.05, 4.69) is 6.58 Å². The zero-order chi connectivity index (χ0) is 5.70. The monoisotopic (exact) mass is 95.0 g/mol. The third-order valence-electron chi connectivity index (χ3n) is 0.609. The number of hydrogen-bond acceptors (Lipinski definition) is 1. The van der Waals surface area contributed by atoms with Crippen molar-refractivity contribution in [1.82, 2.24) is 0 Å². The maximum absolute atomic E-state index is 9.52. The summed E-state index contributed by atoms with van der Waals surface area (Å²) in [5.74, 6) is 0. The van der Waals surface area contributed by atoms with Gasteiger partial charge in [0.2, 0.25) is 6.29 Å². The molecule has 0 spiro atoms. The van der Waals surface area contributed by atoms with E-state index in [4.69, 9.17) is 0 Å². The van der Waals surface area contributed by atoms with Crippen LogP contribution in [0.5, 0.6) is 0 Å². The van der Waals surface area contributed by atoms with Crippen molar-refractivity contribution in [1.29, 1.82) is 0 Å². The van der Waals surface area contributed by atoms with Gasteiger partial charge in [0.25, 0.3) is 0 Å². The second kappa shape index (κ2) is 3.34. The molecule has 7 heavy (non-hydrogen) atoms. The van der Waals surface area contributed by atoms with Gasteiger partial charge in [-0.15, -0.1) is 0 Å². The van der Waals surface area contributed by atoms with Gasteiger partial charge in [0.15, 0.2) is 0 Å². The summed E-state index contributed by atoms with van der Waals surface area (Å²) < 4.78 is 0. The van der Waals surface area contributed by atoms with E-state index in [1.54, 1.807) is 19.3 Å². The molecule has 1 nitrogen and oxygen atoms in total. The number of carbonyl (C=O) groups excluding carboxylic acids is 1. The lowest BCUT2D eigenvalue weighted by Crippen LogP contribution is -1.65. The first-order valence-electron chi connectivity index (χ1n) is 1.98. The predicted molar refractivity (Wildman–Crippen MR) is 29.6 cm³/mol. The van der Waals surface area contributed by atoms with Gasteiger partial charge in [0.1, 0.15) is 0 Å². The summed E-state index contributed by atoms with van der Waals surface area (Å²) in [5, 5.41) is 0. The van der Waals surface area contributed by atoms with Crippen LogP contribution in [0.15, 0.2) is 24.3 Å². The van der Waals surface area contributed by atoms with Crippen LogP contribution in [0.25, 0.3) is 0 Å². The number of allylic oxidation sites excluding steroid dienone is 3. The van der Waals surface area contributed by atoms with E-state index in [-0.39, 0.29) is 0 Å². The Balaban J connectivity index is 3.72.